The van der Waals surface area contributed by atoms with E-state index in [2.05, 4.69) is 5.32 Å². The first-order chi connectivity index (χ1) is 10.3. The van der Waals surface area contributed by atoms with Crippen molar-refractivity contribution in [3.05, 3.63) is 23.3 Å². The van der Waals surface area contributed by atoms with Crippen LogP contribution in [0.5, 0.6) is 11.5 Å². The minimum absolute atomic E-state index is 0.0451. The molecule has 5 nitrogen and oxygen atoms in total. The van der Waals surface area contributed by atoms with Gasteiger partial charge in [-0.15, -0.1) is 0 Å². The summed E-state index contributed by atoms with van der Waals surface area (Å²) in [6, 6.07) is 1.77. The van der Waals surface area contributed by atoms with Gasteiger partial charge in [-0.3, -0.25) is 4.79 Å². The molecule has 0 saturated carbocycles. The van der Waals surface area contributed by atoms with Crippen LogP contribution in [0.2, 0.25) is 0 Å². The van der Waals surface area contributed by atoms with Gasteiger partial charge in [-0.05, 0) is 18.6 Å². The Hall–Kier alpha value is -1.96. The van der Waals surface area contributed by atoms with Gasteiger partial charge in [0.15, 0.2) is 0 Å². The summed E-state index contributed by atoms with van der Waals surface area (Å²) in [7, 11) is 2.43. The van der Waals surface area contributed by atoms with Gasteiger partial charge in [-0.25, -0.2) is 0 Å². The lowest BCUT2D eigenvalue weighted by Gasteiger charge is -2.21. The maximum absolute atomic E-state index is 13.2. The summed E-state index contributed by atoms with van der Waals surface area (Å²) in [5.41, 5.74) is -0.692. The van der Waals surface area contributed by atoms with Gasteiger partial charge in [-0.1, -0.05) is 0 Å². The first kappa shape index (κ1) is 16.4. The van der Waals surface area contributed by atoms with Gasteiger partial charge in [0.25, 0.3) is 0 Å². The summed E-state index contributed by atoms with van der Waals surface area (Å²) in [4.78, 5) is 11.0. The van der Waals surface area contributed by atoms with E-state index in [0.29, 0.717) is 0 Å². The topological polar surface area (TPSA) is 67.8 Å². The highest BCUT2D eigenvalue weighted by atomic mass is 19.4. The van der Waals surface area contributed by atoms with E-state index in [0.717, 1.165) is 13.2 Å². The number of carbonyl (C=O) groups is 1. The number of benzene rings is 1. The molecular weight excluding hydrogens is 303 g/mol. The maximum Gasteiger partial charge on any atom is 0.420 e. The van der Waals surface area contributed by atoms with E-state index in [1.165, 1.54) is 13.2 Å². The van der Waals surface area contributed by atoms with Crippen LogP contribution < -0.4 is 14.8 Å². The molecule has 2 unspecified atom stereocenters. The predicted molar refractivity (Wildman–Crippen MR) is 71.0 cm³/mol. The number of aliphatic carboxylic acids is 1. The van der Waals surface area contributed by atoms with Crippen LogP contribution in [-0.4, -0.2) is 31.8 Å². The molecule has 22 heavy (non-hydrogen) atoms. The monoisotopic (exact) mass is 319 g/mol. The van der Waals surface area contributed by atoms with Gasteiger partial charge in [0.05, 0.1) is 20.1 Å². The zero-order chi connectivity index (χ0) is 16.5. The van der Waals surface area contributed by atoms with Crippen molar-refractivity contribution in [3.63, 3.8) is 0 Å². The first-order valence-electron chi connectivity index (χ1n) is 6.57. The second-order valence-electron chi connectivity index (χ2n) is 5.03. The zero-order valence-electron chi connectivity index (χ0n) is 12.0. The van der Waals surface area contributed by atoms with E-state index in [1.807, 2.05) is 0 Å². The molecule has 1 heterocycles. The van der Waals surface area contributed by atoms with Crippen LogP contribution >= 0.6 is 0 Å². The van der Waals surface area contributed by atoms with E-state index < -0.39 is 29.7 Å². The summed E-state index contributed by atoms with van der Waals surface area (Å²) >= 11 is 0. The third-order valence-electron chi connectivity index (χ3n) is 3.69. The van der Waals surface area contributed by atoms with E-state index in [-0.39, 0.29) is 30.0 Å². The number of carboxylic acid groups (broad SMARTS) is 1. The normalized spacial score (nSPS) is 21.7. The zero-order valence-corrected chi connectivity index (χ0v) is 12.0. The number of alkyl halides is 3. The molecule has 0 spiro atoms. The quantitative estimate of drug-likeness (QED) is 0.892. The molecule has 1 aliphatic heterocycles. The van der Waals surface area contributed by atoms with E-state index >= 15 is 0 Å². The van der Waals surface area contributed by atoms with Gasteiger partial charge in [-0.2, -0.15) is 13.2 Å². The van der Waals surface area contributed by atoms with Crippen molar-refractivity contribution in [1.82, 2.24) is 5.32 Å². The van der Waals surface area contributed by atoms with Crippen LogP contribution in [0.1, 0.15) is 23.6 Å². The molecule has 0 radical (unpaired) electrons. The third-order valence-corrected chi connectivity index (χ3v) is 3.69. The predicted octanol–water partition coefficient (Wildman–Crippen LogP) is 2.46. The number of carboxylic acids is 1. The lowest BCUT2D eigenvalue weighted by Crippen LogP contribution is -2.18. The number of halogens is 3. The van der Waals surface area contributed by atoms with Crippen LogP contribution in [0.25, 0.3) is 0 Å². The number of nitrogens with one attached hydrogen (secondary N) is 1. The molecular formula is C14H16F3NO4. The fraction of sp³-hybridized carbons (Fsp3) is 0.500. The van der Waals surface area contributed by atoms with Crippen LogP contribution in [-0.2, 0) is 11.0 Å². The Kier molecular flexibility index (Phi) is 4.50. The lowest BCUT2D eigenvalue weighted by molar-refractivity contribution is -0.141. The number of ether oxygens (including phenoxy) is 2. The number of methoxy groups -OCH3 is 2. The first-order valence-corrected chi connectivity index (χ1v) is 6.57. The van der Waals surface area contributed by atoms with Gasteiger partial charge in [0, 0.05) is 18.2 Å². The Morgan fingerprint density at radius 2 is 2.00 bits per heavy atom. The third kappa shape index (κ3) is 3.11. The summed E-state index contributed by atoms with van der Waals surface area (Å²) in [5.74, 6) is -1.89. The second-order valence-corrected chi connectivity index (χ2v) is 5.03. The minimum Gasteiger partial charge on any atom is -0.497 e. The summed E-state index contributed by atoms with van der Waals surface area (Å²) in [6.07, 6.45) is -4.41. The van der Waals surface area contributed by atoms with Gasteiger partial charge in [0.2, 0.25) is 0 Å². The SMILES string of the molecule is COc1cc(C2CC(C(=O)O)CN2)c(OC)c(C(F)(F)F)c1. The number of rotatable bonds is 4. The Balaban J connectivity index is 2.48. The molecule has 0 aliphatic carbocycles. The largest absolute Gasteiger partial charge is 0.497 e. The molecule has 0 bridgehead atoms. The Labute approximate surface area is 125 Å². The smallest absolute Gasteiger partial charge is 0.420 e. The number of hydrogen-bond donors (Lipinski definition) is 2. The number of hydrogen-bond acceptors (Lipinski definition) is 4. The molecule has 8 heteroatoms. The minimum atomic E-state index is -4.60. The highest BCUT2D eigenvalue weighted by Gasteiger charge is 2.39. The van der Waals surface area contributed by atoms with Crippen molar-refractivity contribution in [2.24, 2.45) is 5.92 Å². The molecule has 1 saturated heterocycles. The molecule has 1 aliphatic rings. The van der Waals surface area contributed by atoms with Crippen molar-refractivity contribution in [2.45, 2.75) is 18.6 Å². The van der Waals surface area contributed by atoms with Crippen LogP contribution in [0.15, 0.2) is 12.1 Å². The van der Waals surface area contributed by atoms with Gasteiger partial charge < -0.3 is 19.9 Å². The Bertz CT molecular complexity index is 574. The van der Waals surface area contributed by atoms with Crippen molar-refractivity contribution in [2.75, 3.05) is 20.8 Å². The average molecular weight is 319 g/mol. The molecule has 0 amide bonds. The van der Waals surface area contributed by atoms with Crippen LogP contribution in [0, 0.1) is 5.92 Å². The standard InChI is InChI=1S/C14H16F3NO4/c1-21-8-4-9(11-3-7(6-18-11)13(19)20)12(22-2)10(5-8)14(15,16)17/h4-5,7,11,18H,3,6H2,1-2H3,(H,19,20). The molecule has 2 rings (SSSR count). The Morgan fingerprint density at radius 1 is 1.32 bits per heavy atom. The maximum atomic E-state index is 13.2. The molecule has 2 atom stereocenters. The summed E-state index contributed by atoms with van der Waals surface area (Å²) < 4.78 is 49.4. The van der Waals surface area contributed by atoms with Crippen molar-refractivity contribution in [3.8, 4) is 11.5 Å². The van der Waals surface area contributed by atoms with Gasteiger partial charge in [0.1, 0.15) is 17.1 Å². The molecule has 122 valence electrons. The molecule has 1 fully saturated rings. The average Bonchev–Trinajstić information content (AvgIpc) is 2.94. The van der Waals surface area contributed by atoms with E-state index in [9.17, 15) is 18.0 Å². The Morgan fingerprint density at radius 3 is 2.45 bits per heavy atom. The highest BCUT2D eigenvalue weighted by molar-refractivity contribution is 5.71. The summed E-state index contributed by atoms with van der Waals surface area (Å²) in [6.45, 7) is 0.196. The molecule has 1 aromatic rings. The molecule has 0 aromatic heterocycles. The van der Waals surface area contributed by atoms with Crippen molar-refractivity contribution >= 4 is 5.97 Å². The van der Waals surface area contributed by atoms with E-state index in [1.54, 1.807) is 0 Å². The lowest BCUT2D eigenvalue weighted by atomic mass is 9.96. The van der Waals surface area contributed by atoms with Crippen LogP contribution in [0.3, 0.4) is 0 Å². The second kappa shape index (κ2) is 6.04. The fourth-order valence-corrected chi connectivity index (χ4v) is 2.60. The molecule has 1 aromatic carbocycles. The highest BCUT2D eigenvalue weighted by Crippen LogP contribution is 2.44. The van der Waals surface area contributed by atoms with Crippen molar-refractivity contribution < 1.29 is 32.5 Å². The van der Waals surface area contributed by atoms with Gasteiger partial charge >= 0.3 is 12.1 Å². The van der Waals surface area contributed by atoms with Crippen molar-refractivity contribution in [1.29, 1.82) is 0 Å². The summed E-state index contributed by atoms with van der Waals surface area (Å²) in [5, 5.41) is 11.9. The van der Waals surface area contributed by atoms with E-state index in [4.69, 9.17) is 14.6 Å². The molecule has 2 N–H and O–H groups in total. The van der Waals surface area contributed by atoms with Crippen LogP contribution in [0.4, 0.5) is 13.2 Å². The fourth-order valence-electron chi connectivity index (χ4n) is 2.60.